The summed E-state index contributed by atoms with van der Waals surface area (Å²) in [6, 6.07) is 9.22. The summed E-state index contributed by atoms with van der Waals surface area (Å²) in [4.78, 5) is 21.3. The Morgan fingerprint density at radius 3 is 2.53 bits per heavy atom. The Kier molecular flexibility index (Phi) is 5.99. The van der Waals surface area contributed by atoms with Crippen LogP contribution < -0.4 is 4.90 Å². The normalized spacial score (nSPS) is 14.6. The number of non-ortho nitro benzene ring substituents is 1. The Bertz CT molecular complexity index is 1370. The average Bonchev–Trinajstić information content (AvgIpc) is 3.24. The highest BCUT2D eigenvalue weighted by Crippen LogP contribution is 2.31. The predicted octanol–water partition coefficient (Wildman–Crippen LogP) is 5.81. The smallest absolute Gasteiger partial charge is 0.273 e. The van der Waals surface area contributed by atoms with Crippen LogP contribution in [0, 0.1) is 21.7 Å². The Labute approximate surface area is 202 Å². The Morgan fingerprint density at radius 1 is 1.06 bits per heavy atom. The van der Waals surface area contributed by atoms with Crippen LogP contribution in [0.5, 0.6) is 0 Å². The van der Waals surface area contributed by atoms with E-state index in [0.717, 1.165) is 47.9 Å². The average molecular weight is 528 g/mol. The third-order valence-electron chi connectivity index (χ3n) is 6.27. The second-order valence-electron chi connectivity index (χ2n) is 8.36. The van der Waals surface area contributed by atoms with E-state index in [1.807, 2.05) is 12.1 Å². The molecule has 4 aromatic rings. The van der Waals surface area contributed by atoms with E-state index in [1.165, 1.54) is 16.7 Å². The van der Waals surface area contributed by atoms with Crippen molar-refractivity contribution in [3.63, 3.8) is 0 Å². The van der Waals surface area contributed by atoms with Gasteiger partial charge in [-0.05, 0) is 64.5 Å². The lowest BCUT2D eigenvalue weighted by Crippen LogP contribution is -2.33. The van der Waals surface area contributed by atoms with E-state index in [0.29, 0.717) is 5.39 Å². The van der Waals surface area contributed by atoms with Crippen molar-refractivity contribution in [2.24, 2.45) is 0 Å². The van der Waals surface area contributed by atoms with Gasteiger partial charge in [-0.25, -0.2) is 13.8 Å². The summed E-state index contributed by atoms with van der Waals surface area (Å²) in [7, 11) is 0. The van der Waals surface area contributed by atoms with Crippen molar-refractivity contribution in [2.45, 2.75) is 25.3 Å². The third-order valence-corrected chi connectivity index (χ3v) is 6.74. The van der Waals surface area contributed by atoms with Crippen molar-refractivity contribution in [2.75, 3.05) is 18.0 Å². The van der Waals surface area contributed by atoms with Gasteiger partial charge in [0.05, 0.1) is 28.7 Å². The fourth-order valence-electron chi connectivity index (χ4n) is 4.50. The van der Waals surface area contributed by atoms with Gasteiger partial charge in [-0.15, -0.1) is 0 Å². The minimum atomic E-state index is -0.724. The monoisotopic (exact) mass is 527 g/mol. The molecule has 3 aromatic heterocycles. The van der Waals surface area contributed by atoms with Gasteiger partial charge in [-0.2, -0.15) is 0 Å². The molecule has 1 fully saturated rings. The van der Waals surface area contributed by atoms with Crippen LogP contribution in [0.25, 0.3) is 10.9 Å². The van der Waals surface area contributed by atoms with Gasteiger partial charge in [0, 0.05) is 47.6 Å². The summed E-state index contributed by atoms with van der Waals surface area (Å²) in [5, 5.41) is 11.4. The van der Waals surface area contributed by atoms with Gasteiger partial charge in [0.15, 0.2) is 5.82 Å². The highest BCUT2D eigenvalue weighted by Gasteiger charge is 2.23. The van der Waals surface area contributed by atoms with E-state index >= 15 is 0 Å². The standard InChI is InChI=1S/C24H20BrF2N5O2/c25-18-1-2-23(29-13-18)30-6-3-15(4-7-30)17-10-20(26)22(28-12-17)14-31-8-5-16-9-19(32(33)34)11-21(27)24(16)31/h1-2,5,8-13,15H,3-4,6-7,14H2. The molecule has 0 radical (unpaired) electrons. The molecule has 0 aliphatic carbocycles. The van der Waals surface area contributed by atoms with Gasteiger partial charge < -0.3 is 9.47 Å². The largest absolute Gasteiger partial charge is 0.357 e. The molecule has 174 valence electrons. The van der Waals surface area contributed by atoms with Crippen molar-refractivity contribution < 1.29 is 13.7 Å². The maximum absolute atomic E-state index is 15.0. The molecule has 7 nitrogen and oxygen atoms in total. The van der Waals surface area contributed by atoms with Crippen molar-refractivity contribution in [3.8, 4) is 0 Å². The Hall–Kier alpha value is -3.40. The molecule has 0 unspecified atom stereocenters. The summed E-state index contributed by atoms with van der Waals surface area (Å²) in [6.45, 7) is 1.67. The highest BCUT2D eigenvalue weighted by atomic mass is 79.9. The number of nitro groups is 1. The zero-order valence-corrected chi connectivity index (χ0v) is 19.6. The molecular formula is C24H20BrF2N5O2. The van der Waals surface area contributed by atoms with Crippen LogP contribution in [-0.4, -0.2) is 32.5 Å². The molecule has 5 rings (SSSR count). The molecule has 0 saturated carbocycles. The number of aromatic nitrogens is 3. The van der Waals surface area contributed by atoms with E-state index in [2.05, 4.69) is 30.8 Å². The minimum absolute atomic E-state index is 0.0258. The van der Waals surface area contributed by atoms with Crippen molar-refractivity contribution in [1.82, 2.24) is 14.5 Å². The topological polar surface area (TPSA) is 77.1 Å². The zero-order valence-electron chi connectivity index (χ0n) is 18.0. The summed E-state index contributed by atoms with van der Waals surface area (Å²) < 4.78 is 32.0. The number of piperidine rings is 1. The SMILES string of the molecule is O=[N+]([O-])c1cc(F)c2c(ccn2Cc2ncc(C3CCN(c4ccc(Br)cn4)CC3)cc2F)c1. The number of anilines is 1. The fraction of sp³-hybridized carbons (Fsp3) is 0.250. The van der Waals surface area contributed by atoms with Crippen molar-refractivity contribution in [3.05, 3.63) is 92.5 Å². The number of pyridine rings is 2. The zero-order chi connectivity index (χ0) is 23.8. The summed E-state index contributed by atoms with van der Waals surface area (Å²) in [5.74, 6) is -0.0390. The molecule has 4 heterocycles. The van der Waals surface area contributed by atoms with Crippen LogP contribution in [0.1, 0.15) is 30.0 Å². The quantitative estimate of drug-likeness (QED) is 0.241. The maximum atomic E-state index is 15.0. The summed E-state index contributed by atoms with van der Waals surface area (Å²) in [5.41, 5.74) is 0.905. The Balaban J connectivity index is 1.30. The predicted molar refractivity (Wildman–Crippen MR) is 128 cm³/mol. The van der Waals surface area contributed by atoms with E-state index in [9.17, 15) is 18.9 Å². The summed E-state index contributed by atoms with van der Waals surface area (Å²) >= 11 is 3.40. The molecule has 1 aromatic carbocycles. The fourth-order valence-corrected chi connectivity index (χ4v) is 4.73. The van der Waals surface area contributed by atoms with Gasteiger partial charge in [0.1, 0.15) is 11.6 Å². The number of benzene rings is 1. The van der Waals surface area contributed by atoms with Crippen LogP contribution in [-0.2, 0) is 6.54 Å². The molecule has 1 aliphatic heterocycles. The van der Waals surface area contributed by atoms with Crippen LogP contribution in [0.15, 0.2) is 59.5 Å². The molecule has 0 spiro atoms. The highest BCUT2D eigenvalue weighted by molar-refractivity contribution is 9.10. The molecule has 0 atom stereocenters. The summed E-state index contributed by atoms with van der Waals surface area (Å²) in [6.07, 6.45) is 6.79. The van der Waals surface area contributed by atoms with E-state index in [1.54, 1.807) is 24.7 Å². The number of fused-ring (bicyclic) bond motifs is 1. The molecule has 1 aliphatic rings. The first-order valence-corrected chi connectivity index (χ1v) is 11.6. The second kappa shape index (κ2) is 9.09. The van der Waals surface area contributed by atoms with Gasteiger partial charge in [-0.1, -0.05) is 0 Å². The van der Waals surface area contributed by atoms with Gasteiger partial charge >= 0.3 is 0 Å². The number of nitrogens with zero attached hydrogens (tertiary/aromatic N) is 5. The third kappa shape index (κ3) is 4.37. The van der Waals surface area contributed by atoms with E-state index in [4.69, 9.17) is 0 Å². The van der Waals surface area contributed by atoms with Crippen LogP contribution in [0.3, 0.4) is 0 Å². The van der Waals surface area contributed by atoms with E-state index in [-0.39, 0.29) is 29.4 Å². The number of hydrogen-bond acceptors (Lipinski definition) is 5. The van der Waals surface area contributed by atoms with Gasteiger partial charge in [0.25, 0.3) is 5.69 Å². The molecule has 0 bridgehead atoms. The lowest BCUT2D eigenvalue weighted by molar-refractivity contribution is -0.384. The lowest BCUT2D eigenvalue weighted by atomic mass is 9.90. The molecule has 0 N–H and O–H groups in total. The minimum Gasteiger partial charge on any atom is -0.357 e. The number of halogens is 3. The first kappa shape index (κ1) is 22.4. The molecule has 34 heavy (non-hydrogen) atoms. The van der Waals surface area contributed by atoms with Gasteiger partial charge in [0.2, 0.25) is 0 Å². The van der Waals surface area contributed by atoms with Gasteiger partial charge in [-0.3, -0.25) is 15.1 Å². The van der Waals surface area contributed by atoms with Crippen LogP contribution in [0.4, 0.5) is 20.3 Å². The second-order valence-corrected chi connectivity index (χ2v) is 9.27. The molecule has 0 amide bonds. The molecule has 10 heteroatoms. The van der Waals surface area contributed by atoms with Crippen LogP contribution in [0.2, 0.25) is 0 Å². The van der Waals surface area contributed by atoms with E-state index < -0.39 is 16.6 Å². The van der Waals surface area contributed by atoms with Crippen LogP contribution >= 0.6 is 15.9 Å². The number of nitro benzene ring substituents is 1. The first-order chi connectivity index (χ1) is 16.4. The maximum Gasteiger partial charge on any atom is 0.273 e. The number of hydrogen-bond donors (Lipinski definition) is 0. The molecule has 1 saturated heterocycles. The first-order valence-electron chi connectivity index (χ1n) is 10.8. The molecular weight excluding hydrogens is 508 g/mol. The van der Waals surface area contributed by atoms with Crippen molar-refractivity contribution >= 4 is 38.3 Å². The Morgan fingerprint density at radius 2 is 1.85 bits per heavy atom. The number of rotatable bonds is 5. The van der Waals surface area contributed by atoms with Crippen molar-refractivity contribution in [1.29, 1.82) is 0 Å². The lowest BCUT2D eigenvalue weighted by Gasteiger charge is -2.33.